The summed E-state index contributed by atoms with van der Waals surface area (Å²) in [4.78, 5) is 30.0. The van der Waals surface area contributed by atoms with Crippen LogP contribution in [-0.2, 0) is 16.1 Å². The summed E-state index contributed by atoms with van der Waals surface area (Å²) in [7, 11) is 0. The third kappa shape index (κ3) is 4.15. The van der Waals surface area contributed by atoms with Gasteiger partial charge in [0.05, 0.1) is 0 Å². The highest BCUT2D eigenvalue weighted by atomic mass is 35.5. The molecule has 1 saturated heterocycles. The highest BCUT2D eigenvalue weighted by Crippen LogP contribution is 2.34. The molecule has 29 heavy (non-hydrogen) atoms. The first-order valence-electron chi connectivity index (χ1n) is 10.1. The molecule has 152 valence electrons. The molecular formula is C23H24ClFN2O2. The molecule has 2 amide bonds. The summed E-state index contributed by atoms with van der Waals surface area (Å²) in [6, 6.07) is 12.5. The van der Waals surface area contributed by atoms with Crippen LogP contribution in [0, 0.1) is 5.82 Å². The zero-order valence-electron chi connectivity index (χ0n) is 16.2. The Morgan fingerprint density at radius 2 is 1.66 bits per heavy atom. The van der Waals surface area contributed by atoms with E-state index in [1.807, 2.05) is 18.2 Å². The molecule has 6 heteroatoms. The van der Waals surface area contributed by atoms with Gasteiger partial charge in [-0.15, -0.1) is 0 Å². The van der Waals surface area contributed by atoms with Crippen LogP contribution in [0.5, 0.6) is 0 Å². The minimum atomic E-state index is -0.768. The molecular weight excluding hydrogens is 391 g/mol. The Kier molecular flexibility index (Phi) is 5.86. The minimum absolute atomic E-state index is 0.0878. The van der Waals surface area contributed by atoms with Gasteiger partial charge >= 0.3 is 0 Å². The van der Waals surface area contributed by atoms with Gasteiger partial charge in [0, 0.05) is 17.6 Å². The highest BCUT2D eigenvalue weighted by Gasteiger charge is 2.43. The van der Waals surface area contributed by atoms with Gasteiger partial charge in [-0.25, -0.2) is 4.39 Å². The molecule has 2 aliphatic rings. The summed E-state index contributed by atoms with van der Waals surface area (Å²) in [5.41, 5.74) is 1.41. The first-order valence-corrected chi connectivity index (χ1v) is 10.5. The van der Waals surface area contributed by atoms with Crippen LogP contribution in [0.4, 0.5) is 4.39 Å². The second-order valence-corrected chi connectivity index (χ2v) is 8.23. The third-order valence-electron chi connectivity index (χ3n) is 5.95. The number of carbonyl (C=O) groups is 2. The molecule has 4 rings (SSSR count). The average molecular weight is 415 g/mol. The fourth-order valence-electron chi connectivity index (χ4n) is 4.41. The summed E-state index contributed by atoms with van der Waals surface area (Å²) in [6.45, 7) is 0.330. The third-order valence-corrected chi connectivity index (χ3v) is 6.32. The first-order chi connectivity index (χ1) is 14.0. The Morgan fingerprint density at radius 1 is 0.966 bits per heavy atom. The van der Waals surface area contributed by atoms with Crippen LogP contribution in [0.25, 0.3) is 0 Å². The molecule has 1 aliphatic carbocycles. The minimum Gasteiger partial charge on any atom is -0.328 e. The zero-order valence-corrected chi connectivity index (χ0v) is 16.9. The molecule has 0 bridgehead atoms. The Bertz CT molecular complexity index is 896. The van der Waals surface area contributed by atoms with Gasteiger partial charge in [0.2, 0.25) is 5.91 Å². The molecule has 2 fully saturated rings. The van der Waals surface area contributed by atoms with Crippen molar-refractivity contribution in [2.45, 2.75) is 50.7 Å². The molecule has 4 nitrogen and oxygen atoms in total. The lowest BCUT2D eigenvalue weighted by Crippen LogP contribution is -2.58. The maximum Gasteiger partial charge on any atom is 0.250 e. The number of amides is 2. The predicted molar refractivity (Wildman–Crippen MR) is 110 cm³/mol. The van der Waals surface area contributed by atoms with Crippen molar-refractivity contribution >= 4 is 23.4 Å². The van der Waals surface area contributed by atoms with Crippen molar-refractivity contribution in [3.8, 4) is 0 Å². The van der Waals surface area contributed by atoms with Gasteiger partial charge in [-0.2, -0.15) is 0 Å². The number of benzene rings is 2. The van der Waals surface area contributed by atoms with E-state index in [2.05, 4.69) is 0 Å². The molecule has 0 spiro atoms. The molecule has 2 aromatic rings. The zero-order chi connectivity index (χ0) is 20.4. The van der Waals surface area contributed by atoms with E-state index in [1.54, 1.807) is 28.0 Å². The van der Waals surface area contributed by atoms with Gasteiger partial charge < -0.3 is 9.80 Å². The Hall–Kier alpha value is -2.40. The molecule has 1 aliphatic heterocycles. The number of piperazine rings is 1. The lowest BCUT2D eigenvalue weighted by Gasteiger charge is -2.44. The molecule has 0 radical (unpaired) electrons. The molecule has 1 heterocycles. The van der Waals surface area contributed by atoms with Crippen LogP contribution < -0.4 is 0 Å². The Morgan fingerprint density at radius 3 is 2.34 bits per heavy atom. The van der Waals surface area contributed by atoms with E-state index >= 15 is 0 Å². The van der Waals surface area contributed by atoms with Crippen LogP contribution in [0.3, 0.4) is 0 Å². The van der Waals surface area contributed by atoms with Gasteiger partial charge in [0.25, 0.3) is 5.91 Å². The van der Waals surface area contributed by atoms with Gasteiger partial charge in [-0.05, 0) is 42.2 Å². The number of hydrogen-bond donors (Lipinski definition) is 0. The van der Waals surface area contributed by atoms with Crippen molar-refractivity contribution in [1.82, 2.24) is 9.80 Å². The smallest absolute Gasteiger partial charge is 0.250 e. The standard InChI is InChI=1S/C23H24ClFN2O2/c24-20-9-5-4-6-17(20)14-27-21(28)15-26(19-7-2-1-3-8-19)23(29)22(27)16-10-12-18(25)13-11-16/h4-6,9-13,19,22H,1-3,7-8,14-15H2/t22-/m0/s1. The average Bonchev–Trinajstić information content (AvgIpc) is 2.74. The van der Waals surface area contributed by atoms with E-state index in [-0.39, 0.29) is 36.8 Å². The van der Waals surface area contributed by atoms with E-state index in [4.69, 9.17) is 11.6 Å². The van der Waals surface area contributed by atoms with Crippen LogP contribution in [-0.4, -0.2) is 34.2 Å². The van der Waals surface area contributed by atoms with Crippen LogP contribution in [0.15, 0.2) is 48.5 Å². The number of rotatable bonds is 4. The second-order valence-electron chi connectivity index (χ2n) is 7.83. The molecule has 0 N–H and O–H groups in total. The number of nitrogens with zero attached hydrogens (tertiary/aromatic N) is 2. The summed E-state index contributed by atoms with van der Waals surface area (Å²) >= 11 is 6.31. The van der Waals surface area contributed by atoms with Crippen molar-refractivity contribution in [1.29, 1.82) is 0 Å². The lowest BCUT2D eigenvalue weighted by molar-refractivity contribution is -0.160. The molecule has 2 aromatic carbocycles. The summed E-state index contributed by atoms with van der Waals surface area (Å²) in [6.07, 6.45) is 5.19. The van der Waals surface area contributed by atoms with E-state index in [0.29, 0.717) is 10.6 Å². The normalized spacial score (nSPS) is 21.0. The summed E-state index contributed by atoms with van der Waals surface area (Å²) in [5, 5.41) is 0.556. The molecule has 0 aromatic heterocycles. The van der Waals surface area contributed by atoms with Crippen molar-refractivity contribution in [3.05, 3.63) is 70.5 Å². The Labute approximate surface area is 175 Å². The molecule has 1 atom stereocenters. The van der Waals surface area contributed by atoms with Crippen LogP contribution in [0.2, 0.25) is 5.02 Å². The van der Waals surface area contributed by atoms with Crippen molar-refractivity contribution < 1.29 is 14.0 Å². The van der Waals surface area contributed by atoms with Gasteiger partial charge in [0.1, 0.15) is 18.4 Å². The first kappa shape index (κ1) is 19.9. The van der Waals surface area contributed by atoms with E-state index in [9.17, 15) is 14.0 Å². The Balaban J connectivity index is 1.69. The van der Waals surface area contributed by atoms with Crippen molar-refractivity contribution in [2.24, 2.45) is 0 Å². The van der Waals surface area contributed by atoms with E-state index in [0.717, 1.165) is 31.2 Å². The van der Waals surface area contributed by atoms with Gasteiger partial charge in [0.15, 0.2) is 0 Å². The second kappa shape index (κ2) is 8.54. The quantitative estimate of drug-likeness (QED) is 0.726. The summed E-state index contributed by atoms with van der Waals surface area (Å²) < 4.78 is 13.5. The monoisotopic (exact) mass is 414 g/mol. The predicted octanol–water partition coefficient (Wildman–Crippen LogP) is 4.72. The largest absolute Gasteiger partial charge is 0.328 e. The van der Waals surface area contributed by atoms with Crippen molar-refractivity contribution in [3.63, 3.8) is 0 Å². The lowest BCUT2D eigenvalue weighted by atomic mass is 9.91. The molecule has 0 unspecified atom stereocenters. The van der Waals surface area contributed by atoms with Crippen molar-refractivity contribution in [2.75, 3.05) is 6.54 Å². The highest BCUT2D eigenvalue weighted by molar-refractivity contribution is 6.31. The topological polar surface area (TPSA) is 40.6 Å². The SMILES string of the molecule is O=C1[C@H](c2ccc(F)cc2)N(Cc2ccccc2Cl)C(=O)CN1C1CCCCC1. The van der Waals surface area contributed by atoms with E-state index < -0.39 is 6.04 Å². The maximum absolute atomic E-state index is 13.5. The maximum atomic E-state index is 13.5. The summed E-state index contributed by atoms with van der Waals surface area (Å²) in [5.74, 6) is -0.565. The molecule has 1 saturated carbocycles. The fraction of sp³-hybridized carbons (Fsp3) is 0.391. The van der Waals surface area contributed by atoms with E-state index in [1.165, 1.54) is 18.6 Å². The number of halogens is 2. The number of hydrogen-bond acceptors (Lipinski definition) is 2. The van der Waals surface area contributed by atoms with Gasteiger partial charge in [-0.1, -0.05) is 61.2 Å². The van der Waals surface area contributed by atoms with Crippen LogP contribution in [0.1, 0.15) is 49.3 Å². The van der Waals surface area contributed by atoms with Crippen LogP contribution >= 0.6 is 11.6 Å². The number of carbonyl (C=O) groups excluding carboxylic acids is 2. The fourth-order valence-corrected chi connectivity index (χ4v) is 4.60. The van der Waals surface area contributed by atoms with Gasteiger partial charge in [-0.3, -0.25) is 9.59 Å².